The SMILES string of the molecule is O=C(O)N[C@H](C(=O)N(CCO)CCO)[C@@]12C[C@@H]3C[C@@H](C[C@](O)(C3)C1)C2. The quantitative estimate of drug-likeness (QED) is 0.428. The van der Waals surface area contributed by atoms with Crippen LogP contribution in [0.3, 0.4) is 0 Å². The fourth-order valence-electron chi connectivity index (χ4n) is 5.98. The summed E-state index contributed by atoms with van der Waals surface area (Å²) >= 11 is 0. The average molecular weight is 356 g/mol. The number of rotatable bonds is 7. The van der Waals surface area contributed by atoms with Gasteiger partial charge in [-0.15, -0.1) is 0 Å². The molecule has 142 valence electrons. The molecule has 8 heteroatoms. The van der Waals surface area contributed by atoms with E-state index in [1.165, 1.54) is 4.90 Å². The van der Waals surface area contributed by atoms with Crippen LogP contribution in [0.1, 0.15) is 38.5 Å². The van der Waals surface area contributed by atoms with E-state index in [1.54, 1.807) is 0 Å². The Bertz CT molecular complexity index is 519. The van der Waals surface area contributed by atoms with Crippen LogP contribution in [0, 0.1) is 17.3 Å². The van der Waals surface area contributed by atoms with Gasteiger partial charge in [-0.1, -0.05) is 0 Å². The van der Waals surface area contributed by atoms with Gasteiger partial charge in [-0.2, -0.15) is 0 Å². The molecule has 25 heavy (non-hydrogen) atoms. The van der Waals surface area contributed by atoms with E-state index in [0.717, 1.165) is 32.1 Å². The van der Waals surface area contributed by atoms with Crippen molar-refractivity contribution in [2.45, 2.75) is 50.2 Å². The number of aliphatic hydroxyl groups excluding tert-OH is 2. The number of carboxylic acid groups (broad SMARTS) is 1. The van der Waals surface area contributed by atoms with Crippen molar-refractivity contribution in [3.05, 3.63) is 0 Å². The van der Waals surface area contributed by atoms with Gasteiger partial charge < -0.3 is 30.6 Å². The summed E-state index contributed by atoms with van der Waals surface area (Å²) in [5.74, 6) is 0.221. The maximum absolute atomic E-state index is 13.1. The van der Waals surface area contributed by atoms with Crippen LogP contribution in [0.15, 0.2) is 0 Å². The molecule has 4 rings (SSSR count). The Kier molecular flexibility index (Phi) is 4.96. The van der Waals surface area contributed by atoms with Crippen LogP contribution in [0.2, 0.25) is 0 Å². The topological polar surface area (TPSA) is 130 Å². The van der Waals surface area contributed by atoms with Crippen LogP contribution in [-0.2, 0) is 4.79 Å². The van der Waals surface area contributed by atoms with E-state index >= 15 is 0 Å². The van der Waals surface area contributed by atoms with E-state index in [9.17, 15) is 30.0 Å². The molecule has 8 nitrogen and oxygen atoms in total. The molecule has 0 aromatic rings. The summed E-state index contributed by atoms with van der Waals surface area (Å²) in [5, 5.41) is 41.0. The fourth-order valence-corrected chi connectivity index (χ4v) is 5.98. The van der Waals surface area contributed by atoms with Crippen molar-refractivity contribution < 1.29 is 30.0 Å². The Morgan fingerprint density at radius 3 is 2.08 bits per heavy atom. The summed E-state index contributed by atoms with van der Waals surface area (Å²) in [5.41, 5.74) is -1.39. The van der Waals surface area contributed by atoms with Gasteiger partial charge in [0, 0.05) is 18.5 Å². The Morgan fingerprint density at radius 2 is 1.64 bits per heavy atom. The zero-order valence-corrected chi connectivity index (χ0v) is 14.4. The molecule has 4 aliphatic carbocycles. The number of hydrogen-bond donors (Lipinski definition) is 5. The first-order chi connectivity index (χ1) is 11.8. The predicted molar refractivity (Wildman–Crippen MR) is 87.8 cm³/mol. The summed E-state index contributed by atoms with van der Waals surface area (Å²) in [7, 11) is 0. The summed E-state index contributed by atoms with van der Waals surface area (Å²) in [6.07, 6.45) is 3.12. The zero-order valence-electron chi connectivity index (χ0n) is 14.4. The van der Waals surface area contributed by atoms with E-state index < -0.39 is 29.1 Å². The molecular weight excluding hydrogens is 328 g/mol. The van der Waals surface area contributed by atoms with Crippen molar-refractivity contribution in [3.8, 4) is 0 Å². The maximum Gasteiger partial charge on any atom is 0.405 e. The second-order valence-electron chi connectivity index (χ2n) is 8.20. The molecule has 0 aliphatic heterocycles. The number of nitrogens with zero attached hydrogens (tertiary/aromatic N) is 1. The van der Waals surface area contributed by atoms with Gasteiger partial charge in [0.2, 0.25) is 5.91 Å². The van der Waals surface area contributed by atoms with E-state index in [-0.39, 0.29) is 26.3 Å². The smallest absolute Gasteiger partial charge is 0.405 e. The molecule has 5 atom stereocenters. The second kappa shape index (κ2) is 6.74. The molecule has 5 N–H and O–H groups in total. The minimum Gasteiger partial charge on any atom is -0.465 e. The number of carbonyl (C=O) groups is 2. The first-order valence-corrected chi connectivity index (χ1v) is 9.03. The first kappa shape index (κ1) is 18.4. The number of nitrogens with one attached hydrogen (secondary N) is 1. The minimum atomic E-state index is -1.27. The van der Waals surface area contributed by atoms with E-state index in [4.69, 9.17) is 0 Å². The molecule has 2 amide bonds. The monoisotopic (exact) mass is 356 g/mol. The lowest BCUT2D eigenvalue weighted by atomic mass is 9.46. The van der Waals surface area contributed by atoms with Crippen molar-refractivity contribution in [2.24, 2.45) is 17.3 Å². The molecule has 0 aromatic carbocycles. The molecule has 0 heterocycles. The van der Waals surface area contributed by atoms with Gasteiger partial charge in [0.25, 0.3) is 0 Å². The average Bonchev–Trinajstić information content (AvgIpc) is 2.49. The standard InChI is InChI=1S/C17H28N2O6/c20-3-1-19(2-4-21)14(22)13(18-15(23)24)16-6-11-5-12(7-16)9-17(25,8-11)10-16/h11-13,18,20-21,25H,1-10H2,(H,23,24)/t11-,12+,13-,16+,17+/m1/s1. The van der Waals surface area contributed by atoms with Gasteiger partial charge in [0.15, 0.2) is 0 Å². The highest BCUT2D eigenvalue weighted by molar-refractivity contribution is 5.86. The highest BCUT2D eigenvalue weighted by Gasteiger charge is 2.61. The van der Waals surface area contributed by atoms with Crippen LogP contribution in [-0.4, -0.2) is 75.3 Å². The third-order valence-corrected chi connectivity index (χ3v) is 6.25. The second-order valence-corrected chi connectivity index (χ2v) is 8.20. The Hall–Kier alpha value is -1.38. The summed E-state index contributed by atoms with van der Waals surface area (Å²) in [6.45, 7) is -0.420. The fraction of sp³-hybridized carbons (Fsp3) is 0.882. The summed E-state index contributed by atoms with van der Waals surface area (Å²) in [4.78, 5) is 25.8. The van der Waals surface area contributed by atoms with Gasteiger partial charge in [-0.25, -0.2) is 4.79 Å². The molecule has 0 aromatic heterocycles. The van der Waals surface area contributed by atoms with Gasteiger partial charge in [0.1, 0.15) is 6.04 Å². The third kappa shape index (κ3) is 3.47. The zero-order chi connectivity index (χ0) is 18.2. The number of aliphatic hydroxyl groups is 3. The number of hydrogen-bond acceptors (Lipinski definition) is 5. The van der Waals surface area contributed by atoms with Crippen LogP contribution >= 0.6 is 0 Å². The third-order valence-electron chi connectivity index (χ3n) is 6.25. The van der Waals surface area contributed by atoms with E-state index in [0.29, 0.717) is 18.3 Å². The molecule has 0 saturated heterocycles. The van der Waals surface area contributed by atoms with Crippen LogP contribution < -0.4 is 5.32 Å². The number of amides is 2. The largest absolute Gasteiger partial charge is 0.465 e. The molecule has 4 aliphatic rings. The minimum absolute atomic E-state index is 0.0460. The maximum atomic E-state index is 13.1. The molecule has 4 bridgehead atoms. The highest BCUT2D eigenvalue weighted by atomic mass is 16.4. The molecule has 4 saturated carbocycles. The van der Waals surface area contributed by atoms with Crippen LogP contribution in [0.25, 0.3) is 0 Å². The predicted octanol–water partition coefficient (Wildman–Crippen LogP) is -0.233. The van der Waals surface area contributed by atoms with Gasteiger partial charge in [-0.3, -0.25) is 4.79 Å². The van der Waals surface area contributed by atoms with Crippen molar-refractivity contribution in [2.75, 3.05) is 26.3 Å². The Labute approximate surface area is 146 Å². The summed E-state index contributed by atoms with van der Waals surface area (Å²) < 4.78 is 0. The molecule has 4 fully saturated rings. The van der Waals surface area contributed by atoms with Crippen molar-refractivity contribution in [1.82, 2.24) is 10.2 Å². The highest BCUT2D eigenvalue weighted by Crippen LogP contribution is 2.62. The van der Waals surface area contributed by atoms with E-state index in [2.05, 4.69) is 5.32 Å². The lowest BCUT2D eigenvalue weighted by Gasteiger charge is -2.62. The molecule has 0 spiro atoms. The lowest BCUT2D eigenvalue weighted by molar-refractivity contribution is -0.180. The van der Waals surface area contributed by atoms with Crippen molar-refractivity contribution in [1.29, 1.82) is 0 Å². The number of carbonyl (C=O) groups excluding carboxylic acids is 1. The lowest BCUT2D eigenvalue weighted by Crippen LogP contribution is -2.66. The normalized spacial score (nSPS) is 36.9. The molecule has 0 unspecified atom stereocenters. The van der Waals surface area contributed by atoms with Crippen LogP contribution in [0.5, 0.6) is 0 Å². The van der Waals surface area contributed by atoms with Crippen molar-refractivity contribution >= 4 is 12.0 Å². The molecule has 0 radical (unpaired) electrons. The Morgan fingerprint density at radius 1 is 1.08 bits per heavy atom. The van der Waals surface area contributed by atoms with Gasteiger partial charge in [-0.05, 0) is 50.4 Å². The van der Waals surface area contributed by atoms with E-state index in [1.807, 2.05) is 0 Å². The Balaban J connectivity index is 1.90. The van der Waals surface area contributed by atoms with Crippen molar-refractivity contribution in [3.63, 3.8) is 0 Å². The molecular formula is C17H28N2O6. The first-order valence-electron chi connectivity index (χ1n) is 9.03. The summed E-state index contributed by atoms with van der Waals surface area (Å²) in [6, 6.07) is -0.958. The van der Waals surface area contributed by atoms with Crippen LogP contribution in [0.4, 0.5) is 4.79 Å². The van der Waals surface area contributed by atoms with Gasteiger partial charge in [0.05, 0.1) is 18.8 Å². The van der Waals surface area contributed by atoms with Gasteiger partial charge >= 0.3 is 6.09 Å².